The predicted molar refractivity (Wildman–Crippen MR) is 28.1 cm³/mol. The van der Waals surface area contributed by atoms with E-state index in [1.807, 2.05) is 6.07 Å². The molecule has 1 aliphatic heterocycles. The van der Waals surface area contributed by atoms with Crippen molar-refractivity contribution in [3.63, 3.8) is 0 Å². The number of rotatable bonds is 1. The average molecular weight is 162 g/mol. The summed E-state index contributed by atoms with van der Waals surface area (Å²) in [6.07, 6.45) is 0.0457. The van der Waals surface area contributed by atoms with E-state index in [4.69, 9.17) is 10.00 Å². The number of halogens is 1. The summed E-state index contributed by atoms with van der Waals surface area (Å²) in [5.74, 6) is 0. The van der Waals surface area contributed by atoms with Crippen molar-refractivity contribution in [2.75, 3.05) is 5.33 Å². The van der Waals surface area contributed by atoms with E-state index in [2.05, 4.69) is 15.9 Å². The summed E-state index contributed by atoms with van der Waals surface area (Å²) in [6.45, 7) is 0. The lowest BCUT2D eigenvalue weighted by Gasteiger charge is -1.69. The fourth-order valence-corrected chi connectivity index (χ4v) is 0.866. The van der Waals surface area contributed by atoms with Gasteiger partial charge in [0, 0.05) is 5.33 Å². The maximum atomic E-state index is 8.11. The molecule has 1 saturated heterocycles. The third kappa shape index (κ3) is 0.929. The fraction of sp³-hybridized carbons (Fsp3) is 0.750. The van der Waals surface area contributed by atoms with E-state index in [0.29, 0.717) is 0 Å². The molecule has 1 rings (SSSR count). The SMILES string of the molecule is N#C[C@@H]1O[C@H]1CBr. The second kappa shape index (κ2) is 1.81. The van der Waals surface area contributed by atoms with E-state index in [-0.39, 0.29) is 12.2 Å². The Bertz CT molecular complexity index is 109. The molecule has 1 heterocycles. The summed E-state index contributed by atoms with van der Waals surface area (Å²) in [5.41, 5.74) is 0. The quantitative estimate of drug-likeness (QED) is 0.419. The summed E-state index contributed by atoms with van der Waals surface area (Å²) >= 11 is 3.18. The predicted octanol–water partition coefficient (Wildman–Crippen LogP) is 0.672. The molecule has 0 aromatic carbocycles. The number of alkyl halides is 1. The molecule has 0 aromatic rings. The van der Waals surface area contributed by atoms with Gasteiger partial charge in [-0.2, -0.15) is 5.26 Å². The van der Waals surface area contributed by atoms with Gasteiger partial charge in [0.05, 0.1) is 6.07 Å². The Balaban J connectivity index is 2.21. The molecule has 0 spiro atoms. The first-order chi connectivity index (χ1) is 3.38. The van der Waals surface area contributed by atoms with Crippen LogP contribution in [0.15, 0.2) is 0 Å². The van der Waals surface area contributed by atoms with E-state index in [9.17, 15) is 0 Å². The molecule has 0 saturated carbocycles. The van der Waals surface area contributed by atoms with Gasteiger partial charge in [-0.1, -0.05) is 15.9 Å². The molecule has 0 amide bonds. The third-order valence-electron chi connectivity index (χ3n) is 0.862. The van der Waals surface area contributed by atoms with Crippen molar-refractivity contribution in [1.29, 1.82) is 5.26 Å². The van der Waals surface area contributed by atoms with E-state index in [1.54, 1.807) is 0 Å². The summed E-state index contributed by atoms with van der Waals surface area (Å²) in [7, 11) is 0. The van der Waals surface area contributed by atoms with Gasteiger partial charge in [-0.05, 0) is 0 Å². The highest BCUT2D eigenvalue weighted by molar-refractivity contribution is 9.09. The van der Waals surface area contributed by atoms with Gasteiger partial charge in [-0.15, -0.1) is 0 Å². The summed E-state index contributed by atoms with van der Waals surface area (Å²) in [4.78, 5) is 0. The number of nitriles is 1. The van der Waals surface area contributed by atoms with E-state index < -0.39 is 0 Å². The summed E-state index contributed by atoms with van der Waals surface area (Å²) in [5, 5.41) is 8.89. The zero-order valence-electron chi connectivity index (χ0n) is 3.60. The molecule has 1 aliphatic rings. The van der Waals surface area contributed by atoms with Crippen LogP contribution in [0.3, 0.4) is 0 Å². The Morgan fingerprint density at radius 3 is 2.71 bits per heavy atom. The van der Waals surface area contributed by atoms with Gasteiger partial charge in [-0.25, -0.2) is 0 Å². The van der Waals surface area contributed by atoms with Crippen LogP contribution in [0.2, 0.25) is 0 Å². The van der Waals surface area contributed by atoms with Crippen molar-refractivity contribution in [2.24, 2.45) is 0 Å². The Hall–Kier alpha value is -0.0700. The minimum absolute atomic E-state index is 0.126. The third-order valence-corrected chi connectivity index (χ3v) is 1.50. The van der Waals surface area contributed by atoms with Gasteiger partial charge in [0.1, 0.15) is 6.10 Å². The monoisotopic (exact) mass is 161 g/mol. The topological polar surface area (TPSA) is 36.3 Å². The minimum atomic E-state index is -0.126. The number of hydrogen-bond donors (Lipinski definition) is 0. The lowest BCUT2D eigenvalue weighted by molar-refractivity contribution is 0.405. The van der Waals surface area contributed by atoms with Crippen LogP contribution < -0.4 is 0 Å². The van der Waals surface area contributed by atoms with Crippen molar-refractivity contribution >= 4 is 15.9 Å². The van der Waals surface area contributed by atoms with Gasteiger partial charge in [-0.3, -0.25) is 0 Å². The molecule has 3 heteroatoms. The Kier molecular flexibility index (Phi) is 1.31. The van der Waals surface area contributed by atoms with Crippen molar-refractivity contribution in [1.82, 2.24) is 0 Å². The van der Waals surface area contributed by atoms with Crippen LogP contribution in [-0.2, 0) is 4.74 Å². The van der Waals surface area contributed by atoms with E-state index in [0.717, 1.165) is 5.33 Å². The number of ether oxygens (including phenoxy) is 1. The molecule has 38 valence electrons. The Morgan fingerprint density at radius 2 is 2.57 bits per heavy atom. The molecule has 0 unspecified atom stereocenters. The van der Waals surface area contributed by atoms with Crippen LogP contribution in [0.25, 0.3) is 0 Å². The van der Waals surface area contributed by atoms with Crippen LogP contribution in [0.4, 0.5) is 0 Å². The minimum Gasteiger partial charge on any atom is -0.353 e. The van der Waals surface area contributed by atoms with Gasteiger partial charge in [0.15, 0.2) is 6.10 Å². The average Bonchev–Trinajstić information content (AvgIpc) is 2.43. The Labute approximate surface area is 50.2 Å². The second-order valence-electron chi connectivity index (χ2n) is 1.38. The first-order valence-corrected chi connectivity index (χ1v) is 3.11. The van der Waals surface area contributed by atoms with Crippen LogP contribution in [0.5, 0.6) is 0 Å². The maximum Gasteiger partial charge on any atom is 0.171 e. The standard InChI is InChI=1S/C4H4BrNO/c5-1-3-4(2-6)7-3/h3-4H,1H2/t3-,4-/m0/s1. The zero-order chi connectivity index (χ0) is 5.28. The number of epoxide rings is 1. The number of nitrogens with zero attached hydrogens (tertiary/aromatic N) is 1. The molecule has 0 aromatic heterocycles. The Morgan fingerprint density at radius 1 is 1.86 bits per heavy atom. The molecule has 0 aliphatic carbocycles. The van der Waals surface area contributed by atoms with Crippen LogP contribution >= 0.6 is 15.9 Å². The van der Waals surface area contributed by atoms with Gasteiger partial charge in [0.25, 0.3) is 0 Å². The van der Waals surface area contributed by atoms with Gasteiger partial charge < -0.3 is 4.74 Å². The first-order valence-electron chi connectivity index (χ1n) is 1.99. The lowest BCUT2D eigenvalue weighted by Crippen LogP contribution is -1.88. The van der Waals surface area contributed by atoms with Crippen LogP contribution in [-0.4, -0.2) is 17.5 Å². The van der Waals surface area contributed by atoms with Crippen molar-refractivity contribution in [3.8, 4) is 6.07 Å². The molecular weight excluding hydrogens is 158 g/mol. The lowest BCUT2D eigenvalue weighted by atomic mass is 10.4. The fourth-order valence-electron chi connectivity index (χ4n) is 0.374. The van der Waals surface area contributed by atoms with Crippen molar-refractivity contribution in [2.45, 2.75) is 12.2 Å². The smallest absolute Gasteiger partial charge is 0.171 e. The molecule has 0 bridgehead atoms. The highest BCUT2D eigenvalue weighted by Gasteiger charge is 2.37. The normalized spacial score (nSPS) is 37.1. The van der Waals surface area contributed by atoms with Crippen molar-refractivity contribution in [3.05, 3.63) is 0 Å². The van der Waals surface area contributed by atoms with Crippen LogP contribution in [0.1, 0.15) is 0 Å². The zero-order valence-corrected chi connectivity index (χ0v) is 5.18. The molecule has 0 radical (unpaired) electrons. The number of hydrogen-bond acceptors (Lipinski definition) is 2. The highest BCUT2D eigenvalue weighted by Crippen LogP contribution is 2.21. The molecule has 2 atom stereocenters. The maximum absolute atomic E-state index is 8.11. The van der Waals surface area contributed by atoms with Crippen LogP contribution in [0, 0.1) is 11.3 Å². The molecular formula is C4H4BrNO. The van der Waals surface area contributed by atoms with E-state index in [1.165, 1.54) is 0 Å². The largest absolute Gasteiger partial charge is 0.353 e. The van der Waals surface area contributed by atoms with Gasteiger partial charge in [0.2, 0.25) is 0 Å². The van der Waals surface area contributed by atoms with E-state index >= 15 is 0 Å². The van der Waals surface area contributed by atoms with Gasteiger partial charge >= 0.3 is 0 Å². The summed E-state index contributed by atoms with van der Waals surface area (Å²) in [6, 6.07) is 1.99. The summed E-state index contributed by atoms with van der Waals surface area (Å²) < 4.78 is 4.81. The second-order valence-corrected chi connectivity index (χ2v) is 2.03. The molecule has 7 heavy (non-hydrogen) atoms. The molecule has 1 fully saturated rings. The van der Waals surface area contributed by atoms with Crippen molar-refractivity contribution < 1.29 is 4.74 Å². The first kappa shape index (κ1) is 5.07. The molecule has 2 nitrogen and oxygen atoms in total. The molecule has 0 N–H and O–H groups in total. The highest BCUT2D eigenvalue weighted by atomic mass is 79.9.